The highest BCUT2D eigenvalue weighted by atomic mass is 35.5. The lowest BCUT2D eigenvalue weighted by molar-refractivity contribution is -0.133. The molecule has 0 saturated carbocycles. The van der Waals surface area contributed by atoms with Crippen LogP contribution < -0.4 is 16.4 Å². The maximum absolute atomic E-state index is 14.2. The van der Waals surface area contributed by atoms with E-state index in [2.05, 4.69) is 20.6 Å². The van der Waals surface area contributed by atoms with E-state index in [1.54, 1.807) is 11.0 Å². The van der Waals surface area contributed by atoms with Crippen molar-refractivity contribution >= 4 is 34.8 Å². The Morgan fingerprint density at radius 1 is 1.34 bits per heavy atom. The van der Waals surface area contributed by atoms with E-state index in [1.165, 1.54) is 18.5 Å². The van der Waals surface area contributed by atoms with Gasteiger partial charge in [0.2, 0.25) is 11.7 Å². The van der Waals surface area contributed by atoms with Crippen molar-refractivity contribution in [2.45, 2.75) is 38.3 Å². The van der Waals surface area contributed by atoms with E-state index in [9.17, 15) is 13.6 Å². The Labute approximate surface area is 172 Å². The highest BCUT2D eigenvalue weighted by molar-refractivity contribution is 6.30. The number of anilines is 3. The second-order valence-corrected chi connectivity index (χ2v) is 7.33. The molecular formula is C19H23ClF2N6O. The number of hydrogen-bond acceptors (Lipinski definition) is 6. The average Bonchev–Trinajstić information content (AvgIpc) is 2.68. The van der Waals surface area contributed by atoms with Crippen LogP contribution >= 0.6 is 11.6 Å². The Hall–Kier alpha value is -2.68. The fourth-order valence-corrected chi connectivity index (χ4v) is 3.86. The van der Waals surface area contributed by atoms with Crippen LogP contribution in [0.15, 0.2) is 24.5 Å². The Morgan fingerprint density at radius 3 is 2.86 bits per heavy atom. The molecule has 1 aromatic heterocycles. The van der Waals surface area contributed by atoms with E-state index in [0.29, 0.717) is 18.7 Å². The number of aromatic nitrogens is 2. The topological polar surface area (TPSA) is 96.2 Å². The summed E-state index contributed by atoms with van der Waals surface area (Å²) in [5, 5.41) is 6.24. The number of nitrogen functional groups attached to an aromatic ring is 1. The molecule has 1 aliphatic rings. The summed E-state index contributed by atoms with van der Waals surface area (Å²) in [7, 11) is 0. The van der Waals surface area contributed by atoms with Gasteiger partial charge in [0.05, 0.1) is 12.6 Å². The first kappa shape index (κ1) is 21.0. The summed E-state index contributed by atoms with van der Waals surface area (Å²) in [6.07, 6.45) is 3.39. The van der Waals surface area contributed by atoms with Gasteiger partial charge in [-0.15, -0.1) is 0 Å². The zero-order chi connectivity index (χ0) is 21.0. The van der Waals surface area contributed by atoms with Gasteiger partial charge < -0.3 is 21.3 Å². The molecule has 0 bridgehead atoms. The van der Waals surface area contributed by atoms with Crippen LogP contribution in [0.2, 0.25) is 5.02 Å². The van der Waals surface area contributed by atoms with E-state index in [-0.39, 0.29) is 41.2 Å². The predicted octanol–water partition coefficient (Wildman–Crippen LogP) is 3.28. The van der Waals surface area contributed by atoms with Crippen LogP contribution in [0, 0.1) is 11.6 Å². The zero-order valence-electron chi connectivity index (χ0n) is 16.0. The summed E-state index contributed by atoms with van der Waals surface area (Å²) < 4.78 is 27.6. The number of benzene rings is 1. The Morgan fingerprint density at radius 2 is 2.14 bits per heavy atom. The van der Waals surface area contributed by atoms with E-state index >= 15 is 0 Å². The van der Waals surface area contributed by atoms with E-state index in [4.69, 9.17) is 17.3 Å². The van der Waals surface area contributed by atoms with Crippen molar-refractivity contribution in [1.29, 1.82) is 0 Å². The van der Waals surface area contributed by atoms with Crippen molar-refractivity contribution in [2.24, 2.45) is 0 Å². The van der Waals surface area contributed by atoms with Crippen LogP contribution in [0.4, 0.5) is 26.1 Å². The minimum absolute atomic E-state index is 0.00216. The van der Waals surface area contributed by atoms with E-state index in [1.807, 2.05) is 6.92 Å². The molecule has 1 aliphatic heterocycles. The monoisotopic (exact) mass is 424 g/mol. The molecule has 4 N–H and O–H groups in total. The van der Waals surface area contributed by atoms with Crippen LogP contribution in [0.3, 0.4) is 0 Å². The van der Waals surface area contributed by atoms with E-state index < -0.39 is 11.6 Å². The first-order valence-corrected chi connectivity index (χ1v) is 9.78. The minimum atomic E-state index is -0.699. The molecule has 2 unspecified atom stereocenters. The van der Waals surface area contributed by atoms with Gasteiger partial charge >= 0.3 is 0 Å². The molecule has 1 saturated heterocycles. The number of rotatable bonds is 6. The van der Waals surface area contributed by atoms with Gasteiger partial charge in [0.15, 0.2) is 11.6 Å². The molecule has 2 heterocycles. The van der Waals surface area contributed by atoms with Crippen LogP contribution in [0.5, 0.6) is 0 Å². The lowest BCUT2D eigenvalue weighted by Gasteiger charge is -2.41. The molecule has 7 nitrogen and oxygen atoms in total. The summed E-state index contributed by atoms with van der Waals surface area (Å²) in [4.78, 5) is 22.1. The molecule has 29 heavy (non-hydrogen) atoms. The molecule has 0 radical (unpaired) electrons. The summed E-state index contributed by atoms with van der Waals surface area (Å²) >= 11 is 5.85. The number of carbonyl (C=O) groups excluding carboxylic acids is 1. The van der Waals surface area contributed by atoms with Crippen molar-refractivity contribution < 1.29 is 13.6 Å². The normalized spacial score (nSPS) is 19.1. The lowest BCUT2D eigenvalue weighted by atomic mass is 9.93. The first-order chi connectivity index (χ1) is 13.9. The fourth-order valence-electron chi connectivity index (χ4n) is 3.63. The number of nitrogens with one attached hydrogen (secondary N) is 2. The van der Waals surface area contributed by atoms with Crippen molar-refractivity contribution in [3.8, 4) is 0 Å². The molecular weight excluding hydrogens is 402 g/mol. The molecule has 2 aromatic rings. The van der Waals surface area contributed by atoms with Gasteiger partial charge in [0.1, 0.15) is 12.1 Å². The van der Waals surface area contributed by atoms with Gasteiger partial charge in [-0.2, -0.15) is 4.39 Å². The maximum atomic E-state index is 14.2. The Balaban J connectivity index is 1.68. The third kappa shape index (κ3) is 5.03. The number of piperidine rings is 1. The molecule has 1 aromatic carbocycles. The average molecular weight is 425 g/mol. The predicted molar refractivity (Wildman–Crippen MR) is 109 cm³/mol. The number of nitrogens with two attached hydrogens (primary N) is 1. The van der Waals surface area contributed by atoms with Crippen molar-refractivity contribution in [2.75, 3.05) is 29.5 Å². The third-order valence-corrected chi connectivity index (χ3v) is 5.18. The number of nitrogens with zero attached hydrogens (tertiary/aromatic N) is 3. The first-order valence-electron chi connectivity index (χ1n) is 9.41. The van der Waals surface area contributed by atoms with Crippen molar-refractivity contribution in [3.05, 3.63) is 41.2 Å². The lowest BCUT2D eigenvalue weighted by Crippen LogP contribution is -2.54. The Kier molecular flexibility index (Phi) is 6.68. The van der Waals surface area contributed by atoms with Crippen molar-refractivity contribution in [1.82, 2.24) is 14.9 Å². The van der Waals surface area contributed by atoms with Crippen LogP contribution in [0.1, 0.15) is 26.2 Å². The van der Waals surface area contributed by atoms with Gasteiger partial charge in [0, 0.05) is 23.3 Å². The number of amides is 1. The standard InChI is InChI=1S/C19H23ClF2N6O/c1-2-15-14(27-19-17(22)18(23)25-10-26-19)4-3-5-28(15)16(29)9-24-13-7-11(20)6-12(21)8-13/h6-8,10,14-15,24H,2-5,9H2,1H3,(H3,23,25,26,27). The van der Waals surface area contributed by atoms with Gasteiger partial charge in [-0.25, -0.2) is 14.4 Å². The number of likely N-dealkylation sites (tertiary alicyclic amines) is 1. The minimum Gasteiger partial charge on any atom is -0.381 e. The fraction of sp³-hybridized carbons (Fsp3) is 0.421. The quantitative estimate of drug-likeness (QED) is 0.658. The largest absolute Gasteiger partial charge is 0.381 e. The molecule has 2 atom stereocenters. The molecule has 10 heteroatoms. The smallest absolute Gasteiger partial charge is 0.242 e. The SMILES string of the molecule is CCC1C(Nc2ncnc(N)c2F)CCCN1C(=O)CNc1cc(F)cc(Cl)c1. The summed E-state index contributed by atoms with van der Waals surface area (Å²) in [5.41, 5.74) is 5.94. The van der Waals surface area contributed by atoms with Gasteiger partial charge in [-0.3, -0.25) is 4.79 Å². The van der Waals surface area contributed by atoms with Crippen LogP contribution in [0.25, 0.3) is 0 Å². The van der Waals surface area contributed by atoms with Crippen LogP contribution in [-0.2, 0) is 4.79 Å². The summed E-state index contributed by atoms with van der Waals surface area (Å²) in [5.74, 6) is -1.51. The number of carbonyl (C=O) groups is 1. The second kappa shape index (κ2) is 9.21. The molecule has 3 rings (SSSR count). The number of halogens is 3. The molecule has 0 aliphatic carbocycles. The van der Waals surface area contributed by atoms with E-state index in [0.717, 1.165) is 12.8 Å². The maximum Gasteiger partial charge on any atom is 0.242 e. The van der Waals surface area contributed by atoms with Crippen LogP contribution in [-0.4, -0.2) is 45.9 Å². The highest BCUT2D eigenvalue weighted by Crippen LogP contribution is 2.25. The molecule has 1 amide bonds. The third-order valence-electron chi connectivity index (χ3n) is 4.96. The number of hydrogen-bond donors (Lipinski definition) is 3. The van der Waals surface area contributed by atoms with Gasteiger partial charge in [0.25, 0.3) is 0 Å². The highest BCUT2D eigenvalue weighted by Gasteiger charge is 2.33. The summed E-state index contributed by atoms with van der Waals surface area (Å²) in [6.45, 7) is 2.56. The molecule has 156 valence electrons. The van der Waals surface area contributed by atoms with Crippen molar-refractivity contribution in [3.63, 3.8) is 0 Å². The zero-order valence-corrected chi connectivity index (χ0v) is 16.7. The van der Waals surface area contributed by atoms with Gasteiger partial charge in [-0.05, 0) is 37.5 Å². The Bertz CT molecular complexity index is 864. The van der Waals surface area contributed by atoms with Gasteiger partial charge in [-0.1, -0.05) is 18.5 Å². The molecule has 1 fully saturated rings. The molecule has 0 spiro atoms. The second-order valence-electron chi connectivity index (χ2n) is 6.89. The summed E-state index contributed by atoms with van der Waals surface area (Å²) in [6, 6.07) is 3.70.